The van der Waals surface area contributed by atoms with E-state index in [-0.39, 0.29) is 46.4 Å². The number of benzene rings is 2. The number of anilines is 1. The van der Waals surface area contributed by atoms with Crippen LogP contribution in [0.15, 0.2) is 36.4 Å². The summed E-state index contributed by atoms with van der Waals surface area (Å²) in [6.45, 7) is 1.97. The van der Waals surface area contributed by atoms with Crippen LogP contribution in [0.25, 0.3) is 0 Å². The van der Waals surface area contributed by atoms with Gasteiger partial charge in [0.05, 0.1) is 28.2 Å². The van der Waals surface area contributed by atoms with E-state index in [9.17, 15) is 23.3 Å². The standard InChI is InChI=1S/C18H15ClF3N3O4S/c1-11(10-28-7-6-23)30-24-15-9-13(3-4-16(15)25(26)27)29-17-5-2-12(8-14(17)19)18(20,21)22/h2-5,8-9,11,24H,7,10H2,1H3. The monoisotopic (exact) mass is 461 g/mol. The van der Waals surface area contributed by atoms with Gasteiger partial charge in [0.1, 0.15) is 23.8 Å². The van der Waals surface area contributed by atoms with Crippen molar-refractivity contribution in [2.24, 2.45) is 0 Å². The normalized spacial score (nSPS) is 12.1. The Kier molecular flexibility index (Phi) is 8.16. The molecule has 0 spiro atoms. The minimum atomic E-state index is -4.54. The number of rotatable bonds is 9. The van der Waals surface area contributed by atoms with Crippen LogP contribution in [0.5, 0.6) is 11.5 Å². The average Bonchev–Trinajstić information content (AvgIpc) is 2.67. The molecule has 12 heteroatoms. The molecule has 0 saturated heterocycles. The first-order chi connectivity index (χ1) is 14.1. The van der Waals surface area contributed by atoms with Crippen molar-refractivity contribution in [1.82, 2.24) is 0 Å². The van der Waals surface area contributed by atoms with Gasteiger partial charge in [0.25, 0.3) is 5.69 Å². The fourth-order valence-electron chi connectivity index (χ4n) is 2.18. The van der Waals surface area contributed by atoms with Gasteiger partial charge in [-0.05, 0) is 43.1 Å². The highest BCUT2D eigenvalue weighted by Crippen LogP contribution is 2.38. The Morgan fingerprint density at radius 2 is 2.07 bits per heavy atom. The quantitative estimate of drug-likeness (QED) is 0.210. The Morgan fingerprint density at radius 1 is 1.33 bits per heavy atom. The molecule has 0 fully saturated rings. The summed E-state index contributed by atoms with van der Waals surface area (Å²) in [5.74, 6) is 0.106. The first-order valence-electron chi connectivity index (χ1n) is 8.31. The highest BCUT2D eigenvalue weighted by atomic mass is 35.5. The van der Waals surface area contributed by atoms with Crippen molar-refractivity contribution in [3.05, 3.63) is 57.1 Å². The van der Waals surface area contributed by atoms with Crippen molar-refractivity contribution >= 4 is 34.9 Å². The maximum absolute atomic E-state index is 12.7. The molecule has 1 atom stereocenters. The molecule has 0 aliphatic carbocycles. The highest BCUT2D eigenvalue weighted by molar-refractivity contribution is 8.01. The predicted molar refractivity (Wildman–Crippen MR) is 107 cm³/mol. The minimum Gasteiger partial charge on any atom is -0.456 e. The Hall–Kier alpha value is -2.68. The molecule has 0 aromatic heterocycles. The lowest BCUT2D eigenvalue weighted by Crippen LogP contribution is -2.10. The Morgan fingerprint density at radius 3 is 2.67 bits per heavy atom. The van der Waals surface area contributed by atoms with Gasteiger partial charge in [0.15, 0.2) is 0 Å². The number of nitro groups is 1. The first-order valence-corrected chi connectivity index (χ1v) is 9.57. The van der Waals surface area contributed by atoms with Crippen molar-refractivity contribution in [2.45, 2.75) is 18.3 Å². The van der Waals surface area contributed by atoms with Crippen molar-refractivity contribution in [3.8, 4) is 17.6 Å². The van der Waals surface area contributed by atoms with Crippen LogP contribution in [0.4, 0.5) is 24.5 Å². The molecular weight excluding hydrogens is 447 g/mol. The highest BCUT2D eigenvalue weighted by Gasteiger charge is 2.31. The van der Waals surface area contributed by atoms with Crippen molar-refractivity contribution < 1.29 is 27.6 Å². The molecule has 0 bridgehead atoms. The van der Waals surface area contributed by atoms with Crippen LogP contribution < -0.4 is 9.46 Å². The second kappa shape index (κ2) is 10.4. The largest absolute Gasteiger partial charge is 0.456 e. The minimum absolute atomic E-state index is 0.0320. The van der Waals surface area contributed by atoms with Crippen LogP contribution in [0.1, 0.15) is 12.5 Å². The lowest BCUT2D eigenvalue weighted by molar-refractivity contribution is -0.383. The van der Waals surface area contributed by atoms with Gasteiger partial charge in [-0.25, -0.2) is 0 Å². The molecule has 0 aliphatic rings. The van der Waals surface area contributed by atoms with E-state index in [2.05, 4.69) is 4.72 Å². The van der Waals surface area contributed by atoms with E-state index in [0.717, 1.165) is 30.1 Å². The van der Waals surface area contributed by atoms with Crippen LogP contribution >= 0.6 is 23.5 Å². The first kappa shape index (κ1) is 23.6. The zero-order chi connectivity index (χ0) is 22.3. The SMILES string of the molecule is CC(COCC#N)SNc1cc(Oc2ccc(C(F)(F)F)cc2Cl)ccc1[N+](=O)[O-]. The molecule has 1 N–H and O–H groups in total. The van der Waals surface area contributed by atoms with Gasteiger partial charge in [0.2, 0.25) is 0 Å². The van der Waals surface area contributed by atoms with E-state index in [0.29, 0.717) is 0 Å². The molecular formula is C18H15ClF3N3O4S. The zero-order valence-corrected chi connectivity index (χ0v) is 17.0. The summed E-state index contributed by atoms with van der Waals surface area (Å²) in [6, 6.07) is 8.31. The molecule has 160 valence electrons. The number of nitro benzene ring substituents is 1. The van der Waals surface area contributed by atoms with E-state index < -0.39 is 16.7 Å². The summed E-state index contributed by atoms with van der Waals surface area (Å²) in [6.07, 6.45) is -4.54. The smallest absolute Gasteiger partial charge is 0.416 e. The number of hydrogen-bond donors (Lipinski definition) is 1. The molecule has 0 aliphatic heterocycles. The number of nitrogens with zero attached hydrogens (tertiary/aromatic N) is 2. The maximum Gasteiger partial charge on any atom is 0.416 e. The number of ether oxygens (including phenoxy) is 2. The third-order valence-electron chi connectivity index (χ3n) is 3.54. The Labute approximate surface area is 179 Å². The van der Waals surface area contributed by atoms with Crippen molar-refractivity contribution in [3.63, 3.8) is 0 Å². The van der Waals surface area contributed by atoms with E-state index in [1.165, 1.54) is 18.2 Å². The molecule has 0 radical (unpaired) electrons. The molecule has 0 saturated carbocycles. The third kappa shape index (κ3) is 6.69. The van der Waals surface area contributed by atoms with Crippen molar-refractivity contribution in [1.29, 1.82) is 5.26 Å². The van der Waals surface area contributed by atoms with Gasteiger partial charge in [-0.15, -0.1) is 0 Å². The number of nitrogens with one attached hydrogen (secondary N) is 1. The van der Waals surface area contributed by atoms with Gasteiger partial charge in [-0.1, -0.05) is 11.6 Å². The topological polar surface area (TPSA) is 97.4 Å². The predicted octanol–water partition coefficient (Wildman–Crippen LogP) is 6.05. The summed E-state index contributed by atoms with van der Waals surface area (Å²) in [4.78, 5) is 10.7. The van der Waals surface area contributed by atoms with Crippen LogP contribution in [-0.4, -0.2) is 23.4 Å². The second-order valence-electron chi connectivity index (χ2n) is 5.88. The Balaban J connectivity index is 2.17. The fourth-order valence-corrected chi connectivity index (χ4v) is 3.05. The summed E-state index contributed by atoms with van der Waals surface area (Å²) in [5.41, 5.74) is -1.02. The summed E-state index contributed by atoms with van der Waals surface area (Å²) >= 11 is 7.02. The summed E-state index contributed by atoms with van der Waals surface area (Å²) < 4.78 is 51.7. The van der Waals surface area contributed by atoms with Gasteiger partial charge >= 0.3 is 6.18 Å². The van der Waals surface area contributed by atoms with Gasteiger partial charge < -0.3 is 14.2 Å². The van der Waals surface area contributed by atoms with Gasteiger partial charge in [-0.3, -0.25) is 10.1 Å². The van der Waals surface area contributed by atoms with Gasteiger partial charge in [-0.2, -0.15) is 18.4 Å². The Bertz CT molecular complexity index is 953. The maximum atomic E-state index is 12.7. The molecule has 30 heavy (non-hydrogen) atoms. The lowest BCUT2D eigenvalue weighted by atomic mass is 10.2. The number of nitriles is 1. The fraction of sp³-hybridized carbons (Fsp3) is 0.278. The number of alkyl halides is 3. The van der Waals surface area contributed by atoms with E-state index in [1.54, 1.807) is 6.92 Å². The number of halogens is 4. The molecule has 2 aromatic rings. The van der Waals surface area contributed by atoms with Crippen LogP contribution in [0.3, 0.4) is 0 Å². The van der Waals surface area contributed by atoms with E-state index in [1.807, 2.05) is 6.07 Å². The average molecular weight is 462 g/mol. The van der Waals surface area contributed by atoms with E-state index >= 15 is 0 Å². The molecule has 2 aromatic carbocycles. The molecule has 1 unspecified atom stereocenters. The lowest BCUT2D eigenvalue weighted by Gasteiger charge is -2.14. The molecule has 0 heterocycles. The summed E-state index contributed by atoms with van der Waals surface area (Å²) in [5, 5.41) is 19.3. The molecule has 0 amide bonds. The summed E-state index contributed by atoms with van der Waals surface area (Å²) in [7, 11) is 0. The van der Waals surface area contributed by atoms with Crippen LogP contribution in [-0.2, 0) is 10.9 Å². The molecule has 2 rings (SSSR count). The second-order valence-corrected chi connectivity index (χ2v) is 7.54. The van der Waals surface area contributed by atoms with Crippen LogP contribution in [0.2, 0.25) is 5.02 Å². The van der Waals surface area contributed by atoms with Crippen molar-refractivity contribution in [2.75, 3.05) is 17.9 Å². The zero-order valence-electron chi connectivity index (χ0n) is 15.4. The van der Waals surface area contributed by atoms with E-state index in [4.69, 9.17) is 26.3 Å². The number of hydrogen-bond acceptors (Lipinski definition) is 7. The third-order valence-corrected chi connectivity index (χ3v) is 4.71. The van der Waals surface area contributed by atoms with Crippen LogP contribution in [0, 0.1) is 21.4 Å². The van der Waals surface area contributed by atoms with Gasteiger partial charge in [0, 0.05) is 17.4 Å². The molecule has 7 nitrogen and oxygen atoms in total.